The molecule has 24 heavy (non-hydrogen) atoms. The van der Waals surface area contributed by atoms with Crippen molar-refractivity contribution in [2.24, 2.45) is 0 Å². The van der Waals surface area contributed by atoms with Crippen LogP contribution in [0.1, 0.15) is 29.9 Å². The van der Waals surface area contributed by atoms with E-state index >= 15 is 0 Å². The standard InChI is InChI=1S/C19H18N4O/c20-11-15-14(12-5-7-22-8-6-12)10-16(23-19(15)21)18-9-13-3-1-2-4-17(13)24-18/h1-4,9-10,12,22H,5-8H2,(H2,21,23). The zero-order valence-corrected chi connectivity index (χ0v) is 13.2. The van der Waals surface area contributed by atoms with E-state index in [1.807, 2.05) is 36.4 Å². The summed E-state index contributed by atoms with van der Waals surface area (Å²) in [5.41, 5.74) is 9.08. The zero-order valence-electron chi connectivity index (χ0n) is 13.2. The topological polar surface area (TPSA) is 87.9 Å². The Hall–Kier alpha value is -2.84. The molecule has 0 aliphatic carbocycles. The van der Waals surface area contributed by atoms with Crippen molar-refractivity contribution < 1.29 is 4.42 Å². The molecule has 1 aliphatic rings. The number of nitrogen functional groups attached to an aromatic ring is 1. The maximum absolute atomic E-state index is 9.50. The van der Waals surface area contributed by atoms with Crippen molar-refractivity contribution in [3.8, 4) is 17.5 Å². The third kappa shape index (κ3) is 2.51. The molecule has 3 heterocycles. The number of anilines is 1. The highest BCUT2D eigenvalue weighted by atomic mass is 16.3. The number of fused-ring (bicyclic) bond motifs is 1. The first-order chi connectivity index (χ1) is 11.8. The second-order valence-electron chi connectivity index (χ2n) is 6.14. The monoisotopic (exact) mass is 318 g/mol. The van der Waals surface area contributed by atoms with E-state index in [-0.39, 0.29) is 5.82 Å². The number of pyridine rings is 1. The summed E-state index contributed by atoms with van der Waals surface area (Å²) in [6.45, 7) is 1.91. The smallest absolute Gasteiger partial charge is 0.153 e. The van der Waals surface area contributed by atoms with Gasteiger partial charge in [-0.1, -0.05) is 18.2 Å². The van der Waals surface area contributed by atoms with Crippen molar-refractivity contribution in [1.82, 2.24) is 10.3 Å². The molecule has 3 N–H and O–H groups in total. The lowest BCUT2D eigenvalue weighted by Gasteiger charge is -2.24. The molecule has 1 aromatic carbocycles. The van der Waals surface area contributed by atoms with Crippen molar-refractivity contribution in [2.45, 2.75) is 18.8 Å². The van der Waals surface area contributed by atoms with E-state index in [2.05, 4.69) is 16.4 Å². The van der Waals surface area contributed by atoms with Crippen LogP contribution in [0.3, 0.4) is 0 Å². The second-order valence-corrected chi connectivity index (χ2v) is 6.14. The lowest BCUT2D eigenvalue weighted by molar-refractivity contribution is 0.460. The van der Waals surface area contributed by atoms with E-state index in [4.69, 9.17) is 10.2 Å². The van der Waals surface area contributed by atoms with Gasteiger partial charge in [0.25, 0.3) is 0 Å². The van der Waals surface area contributed by atoms with Crippen LogP contribution in [0.15, 0.2) is 40.8 Å². The van der Waals surface area contributed by atoms with Crippen LogP contribution < -0.4 is 11.1 Å². The van der Waals surface area contributed by atoms with Crippen LogP contribution >= 0.6 is 0 Å². The number of benzene rings is 1. The maximum atomic E-state index is 9.50. The number of hydrogen-bond acceptors (Lipinski definition) is 5. The summed E-state index contributed by atoms with van der Waals surface area (Å²) in [5.74, 6) is 1.29. The van der Waals surface area contributed by atoms with Crippen molar-refractivity contribution in [2.75, 3.05) is 18.8 Å². The molecule has 1 fully saturated rings. The molecule has 5 nitrogen and oxygen atoms in total. The number of aromatic nitrogens is 1. The number of nitriles is 1. The third-order valence-electron chi connectivity index (χ3n) is 4.65. The number of nitrogens with two attached hydrogens (primary N) is 1. The average molecular weight is 318 g/mol. The summed E-state index contributed by atoms with van der Waals surface area (Å²) in [6.07, 6.45) is 2.00. The number of furan rings is 1. The second kappa shape index (κ2) is 5.99. The van der Waals surface area contributed by atoms with E-state index in [9.17, 15) is 5.26 Å². The van der Waals surface area contributed by atoms with Crippen molar-refractivity contribution >= 4 is 16.8 Å². The number of piperidine rings is 1. The quantitative estimate of drug-likeness (QED) is 0.756. The summed E-state index contributed by atoms with van der Waals surface area (Å²) in [6, 6.07) is 14.0. The minimum Gasteiger partial charge on any atom is -0.454 e. The summed E-state index contributed by atoms with van der Waals surface area (Å²) < 4.78 is 5.91. The molecule has 120 valence electrons. The van der Waals surface area contributed by atoms with Gasteiger partial charge in [-0.2, -0.15) is 5.26 Å². The Labute approximate surface area is 140 Å². The van der Waals surface area contributed by atoms with Crippen LogP contribution in [0, 0.1) is 11.3 Å². The van der Waals surface area contributed by atoms with Gasteiger partial charge in [-0.3, -0.25) is 0 Å². The minimum absolute atomic E-state index is 0.281. The fraction of sp³-hybridized carbons (Fsp3) is 0.263. The molecular weight excluding hydrogens is 300 g/mol. The summed E-state index contributed by atoms with van der Waals surface area (Å²) in [7, 11) is 0. The fourth-order valence-electron chi connectivity index (χ4n) is 3.40. The molecule has 1 aliphatic heterocycles. The minimum atomic E-state index is 0.281. The molecule has 0 atom stereocenters. The van der Waals surface area contributed by atoms with Crippen LogP contribution in [0.25, 0.3) is 22.4 Å². The molecule has 3 aromatic rings. The van der Waals surface area contributed by atoms with Gasteiger partial charge in [0.1, 0.15) is 23.2 Å². The number of nitrogens with zero attached hydrogens (tertiary/aromatic N) is 2. The van der Waals surface area contributed by atoms with Crippen LogP contribution in [0.2, 0.25) is 0 Å². The lowest BCUT2D eigenvalue weighted by Crippen LogP contribution is -2.27. The van der Waals surface area contributed by atoms with E-state index in [0.717, 1.165) is 42.5 Å². The van der Waals surface area contributed by atoms with Gasteiger partial charge in [-0.25, -0.2) is 4.98 Å². The van der Waals surface area contributed by atoms with Gasteiger partial charge < -0.3 is 15.5 Å². The molecule has 2 aromatic heterocycles. The predicted octanol–water partition coefficient (Wildman–Crippen LogP) is 3.42. The van der Waals surface area contributed by atoms with Gasteiger partial charge in [0.2, 0.25) is 0 Å². The van der Waals surface area contributed by atoms with Gasteiger partial charge in [-0.15, -0.1) is 0 Å². The Morgan fingerprint density at radius 2 is 2.00 bits per heavy atom. The van der Waals surface area contributed by atoms with Crippen molar-refractivity contribution in [3.05, 3.63) is 47.5 Å². The SMILES string of the molecule is N#Cc1c(C2CCNCC2)cc(-c2cc3ccccc3o2)nc1N. The van der Waals surface area contributed by atoms with Crippen LogP contribution in [-0.4, -0.2) is 18.1 Å². The zero-order chi connectivity index (χ0) is 16.5. The van der Waals surface area contributed by atoms with Crippen molar-refractivity contribution in [1.29, 1.82) is 5.26 Å². The van der Waals surface area contributed by atoms with E-state index in [0.29, 0.717) is 22.9 Å². The number of hydrogen-bond donors (Lipinski definition) is 2. The Morgan fingerprint density at radius 1 is 1.21 bits per heavy atom. The van der Waals surface area contributed by atoms with Crippen LogP contribution in [-0.2, 0) is 0 Å². The van der Waals surface area contributed by atoms with Gasteiger partial charge in [0.15, 0.2) is 5.76 Å². The Bertz CT molecular complexity index is 899. The molecule has 0 saturated carbocycles. The van der Waals surface area contributed by atoms with Gasteiger partial charge >= 0.3 is 0 Å². The lowest BCUT2D eigenvalue weighted by atomic mass is 9.87. The van der Waals surface area contributed by atoms with Crippen LogP contribution in [0.5, 0.6) is 0 Å². The first-order valence-corrected chi connectivity index (χ1v) is 8.16. The van der Waals surface area contributed by atoms with E-state index in [1.165, 1.54) is 0 Å². The molecule has 5 heteroatoms. The Kier molecular flexibility index (Phi) is 3.68. The van der Waals surface area contributed by atoms with Gasteiger partial charge in [0.05, 0.1) is 5.56 Å². The Balaban J connectivity index is 1.84. The molecule has 4 rings (SSSR count). The highest BCUT2D eigenvalue weighted by molar-refractivity contribution is 5.82. The largest absolute Gasteiger partial charge is 0.454 e. The van der Waals surface area contributed by atoms with Crippen LogP contribution in [0.4, 0.5) is 5.82 Å². The fourth-order valence-corrected chi connectivity index (χ4v) is 3.40. The molecule has 0 spiro atoms. The molecule has 0 amide bonds. The maximum Gasteiger partial charge on any atom is 0.153 e. The number of rotatable bonds is 2. The molecule has 0 unspecified atom stereocenters. The van der Waals surface area contributed by atoms with Gasteiger partial charge in [-0.05, 0) is 55.6 Å². The number of para-hydroxylation sites is 1. The summed E-state index contributed by atoms with van der Waals surface area (Å²) in [5, 5.41) is 13.9. The third-order valence-corrected chi connectivity index (χ3v) is 4.65. The summed E-state index contributed by atoms with van der Waals surface area (Å²) in [4.78, 5) is 4.41. The highest BCUT2D eigenvalue weighted by Crippen LogP contribution is 2.34. The van der Waals surface area contributed by atoms with E-state index in [1.54, 1.807) is 0 Å². The molecule has 0 radical (unpaired) electrons. The highest BCUT2D eigenvalue weighted by Gasteiger charge is 2.22. The average Bonchev–Trinajstić information content (AvgIpc) is 3.06. The van der Waals surface area contributed by atoms with Crippen molar-refractivity contribution in [3.63, 3.8) is 0 Å². The molecule has 0 bridgehead atoms. The first-order valence-electron chi connectivity index (χ1n) is 8.16. The first kappa shape index (κ1) is 14.7. The molecule has 1 saturated heterocycles. The normalized spacial score (nSPS) is 15.5. The van der Waals surface area contributed by atoms with Gasteiger partial charge in [0, 0.05) is 5.39 Å². The summed E-state index contributed by atoms with van der Waals surface area (Å²) >= 11 is 0. The molecular formula is C19H18N4O. The van der Waals surface area contributed by atoms with E-state index < -0.39 is 0 Å². The predicted molar refractivity (Wildman–Crippen MR) is 93.4 cm³/mol. The number of nitrogens with one attached hydrogen (secondary N) is 1. The Morgan fingerprint density at radius 3 is 2.75 bits per heavy atom.